The smallest absolute Gasteiger partial charge is 0.306 e. The van der Waals surface area contributed by atoms with E-state index in [0.29, 0.717) is 19.3 Å². The van der Waals surface area contributed by atoms with Gasteiger partial charge in [0.25, 0.3) is 0 Å². The molecule has 456 valence electrons. The molecule has 0 N–H and O–H groups in total. The highest BCUT2D eigenvalue weighted by Crippen LogP contribution is 2.17. The molecule has 0 aromatic heterocycles. The molecule has 0 aliphatic rings. The summed E-state index contributed by atoms with van der Waals surface area (Å²) in [7, 11) is 0. The van der Waals surface area contributed by atoms with Gasteiger partial charge in [0, 0.05) is 19.3 Å². The Labute approximate surface area is 490 Å². The second kappa shape index (κ2) is 67.1. The highest BCUT2D eigenvalue weighted by atomic mass is 16.6. The topological polar surface area (TPSA) is 78.9 Å². The van der Waals surface area contributed by atoms with Crippen LogP contribution in [0.4, 0.5) is 0 Å². The van der Waals surface area contributed by atoms with Crippen LogP contribution in [0.1, 0.15) is 342 Å². The fraction of sp³-hybridized carbons (Fsp3) is 0.767. The number of hydrogen-bond donors (Lipinski definition) is 0. The van der Waals surface area contributed by atoms with Gasteiger partial charge in [-0.25, -0.2) is 0 Å². The number of ether oxygens (including phenoxy) is 3. The highest BCUT2D eigenvalue weighted by Gasteiger charge is 2.19. The number of hydrogen-bond acceptors (Lipinski definition) is 6. The Hall–Kier alpha value is -3.41. The lowest BCUT2D eigenvalue weighted by Crippen LogP contribution is -2.30. The van der Waals surface area contributed by atoms with Crippen LogP contribution in [0.25, 0.3) is 0 Å². The molecule has 0 bridgehead atoms. The first-order valence-electron chi connectivity index (χ1n) is 34.1. The highest BCUT2D eigenvalue weighted by molar-refractivity contribution is 5.71. The minimum Gasteiger partial charge on any atom is -0.462 e. The maximum atomic E-state index is 12.8. The van der Waals surface area contributed by atoms with Crippen molar-refractivity contribution in [2.45, 2.75) is 348 Å². The lowest BCUT2D eigenvalue weighted by Gasteiger charge is -2.18. The Balaban J connectivity index is 4.06. The Morgan fingerprint density at radius 3 is 0.810 bits per heavy atom. The summed E-state index contributed by atoms with van der Waals surface area (Å²) in [5.74, 6) is -0.944. The van der Waals surface area contributed by atoms with Gasteiger partial charge >= 0.3 is 17.9 Å². The summed E-state index contributed by atoms with van der Waals surface area (Å²) >= 11 is 0. The Morgan fingerprint density at radius 2 is 0.506 bits per heavy atom. The molecule has 6 heteroatoms. The van der Waals surface area contributed by atoms with Gasteiger partial charge in [0.2, 0.25) is 0 Å². The first-order chi connectivity index (χ1) is 39.0. The van der Waals surface area contributed by atoms with Gasteiger partial charge in [0.05, 0.1) is 0 Å². The molecule has 1 atom stereocenters. The Kier molecular flexibility index (Phi) is 64.2. The molecule has 6 nitrogen and oxygen atoms in total. The van der Waals surface area contributed by atoms with E-state index in [1.165, 1.54) is 212 Å². The van der Waals surface area contributed by atoms with E-state index in [-0.39, 0.29) is 37.5 Å². The third-order valence-electron chi connectivity index (χ3n) is 14.9. The van der Waals surface area contributed by atoms with Crippen LogP contribution in [0.2, 0.25) is 0 Å². The van der Waals surface area contributed by atoms with Crippen LogP contribution in [0.15, 0.2) is 85.1 Å². The molecule has 0 spiro atoms. The predicted molar refractivity (Wildman–Crippen MR) is 344 cm³/mol. The SMILES string of the molecule is CC/C=C\C/C=C\C/C=C\C/C=C\C/C=C\CCCC(=O)OC(COC(=O)CCCCCCCCCCC)COC(=O)CCCCCCCCCCCCCCCCCCCCCCCCC/C=C\C/C=C\CCCCCCC. The first kappa shape index (κ1) is 75.6. The quantitative estimate of drug-likeness (QED) is 0.0261. The van der Waals surface area contributed by atoms with E-state index in [0.717, 1.165) is 83.5 Å². The third-order valence-corrected chi connectivity index (χ3v) is 14.9. The Bertz CT molecular complexity index is 1500. The second-order valence-corrected chi connectivity index (χ2v) is 22.7. The van der Waals surface area contributed by atoms with Crippen LogP contribution in [-0.2, 0) is 28.6 Å². The largest absolute Gasteiger partial charge is 0.462 e. The van der Waals surface area contributed by atoms with Crippen molar-refractivity contribution in [2.75, 3.05) is 13.2 Å². The fourth-order valence-electron chi connectivity index (χ4n) is 9.81. The van der Waals surface area contributed by atoms with E-state index in [9.17, 15) is 14.4 Å². The minimum absolute atomic E-state index is 0.0950. The van der Waals surface area contributed by atoms with Gasteiger partial charge in [-0.15, -0.1) is 0 Å². The zero-order valence-corrected chi connectivity index (χ0v) is 52.4. The van der Waals surface area contributed by atoms with Gasteiger partial charge in [-0.3, -0.25) is 14.4 Å². The van der Waals surface area contributed by atoms with Crippen LogP contribution < -0.4 is 0 Å². The van der Waals surface area contributed by atoms with E-state index in [1.807, 2.05) is 0 Å². The molecule has 0 aliphatic heterocycles. The molecular formula is C73H128O6. The number of carbonyl (C=O) groups excluding carboxylic acids is 3. The van der Waals surface area contributed by atoms with Crippen LogP contribution in [0, 0.1) is 0 Å². The van der Waals surface area contributed by atoms with Gasteiger partial charge < -0.3 is 14.2 Å². The average molecular weight is 1100 g/mol. The standard InChI is InChI=1S/C73H128O6/c1-4-7-10-13-16-19-21-23-25-27-28-29-30-31-32-33-34-35-36-37-38-39-40-41-42-43-44-46-47-49-51-54-57-60-63-66-72(75)78-69-70(68-77-71(74)65-62-59-56-53-18-15-12-9-6-3)79-73(76)67-64-61-58-55-52-50-48-45-26-24-22-20-17-14-11-8-5-2/h8,11,17,20-21,23-24,26-28,48,50,55,58,70H,4-7,9-10,12-16,18-19,22,25,29-47,49,51-54,56-57,59-69H2,1-3H3/b11-8-,20-17-,23-21-,26-24-,28-27-,50-48-,58-55-. The van der Waals surface area contributed by atoms with Crippen molar-refractivity contribution in [1.82, 2.24) is 0 Å². The molecule has 0 fully saturated rings. The molecule has 1 unspecified atom stereocenters. The van der Waals surface area contributed by atoms with E-state index in [2.05, 4.69) is 106 Å². The van der Waals surface area contributed by atoms with Crippen molar-refractivity contribution in [2.24, 2.45) is 0 Å². The number of rotatable bonds is 62. The molecule has 0 aromatic carbocycles. The average Bonchev–Trinajstić information content (AvgIpc) is 3.45. The van der Waals surface area contributed by atoms with Gasteiger partial charge in [-0.2, -0.15) is 0 Å². The summed E-state index contributed by atoms with van der Waals surface area (Å²) in [6, 6.07) is 0. The maximum absolute atomic E-state index is 12.8. The van der Waals surface area contributed by atoms with Crippen LogP contribution in [-0.4, -0.2) is 37.2 Å². The fourth-order valence-corrected chi connectivity index (χ4v) is 9.81. The van der Waals surface area contributed by atoms with Crippen molar-refractivity contribution >= 4 is 17.9 Å². The van der Waals surface area contributed by atoms with Crippen molar-refractivity contribution in [3.63, 3.8) is 0 Å². The van der Waals surface area contributed by atoms with Crippen molar-refractivity contribution in [3.8, 4) is 0 Å². The molecule has 0 saturated carbocycles. The number of esters is 3. The molecule has 0 aromatic rings. The zero-order valence-electron chi connectivity index (χ0n) is 52.4. The van der Waals surface area contributed by atoms with Crippen molar-refractivity contribution in [1.29, 1.82) is 0 Å². The maximum Gasteiger partial charge on any atom is 0.306 e. The third kappa shape index (κ3) is 65.3. The summed E-state index contributed by atoms with van der Waals surface area (Å²) in [6.45, 7) is 6.48. The van der Waals surface area contributed by atoms with Gasteiger partial charge in [-0.05, 0) is 89.9 Å². The minimum atomic E-state index is -0.803. The molecule has 0 rings (SSSR count). The molecular weight excluding hydrogens is 973 g/mol. The second-order valence-electron chi connectivity index (χ2n) is 22.7. The van der Waals surface area contributed by atoms with Crippen LogP contribution in [0.3, 0.4) is 0 Å². The van der Waals surface area contributed by atoms with Gasteiger partial charge in [0.1, 0.15) is 13.2 Å². The first-order valence-corrected chi connectivity index (χ1v) is 34.1. The summed E-state index contributed by atoms with van der Waals surface area (Å²) in [4.78, 5) is 38.1. The lowest BCUT2D eigenvalue weighted by atomic mass is 10.0. The Morgan fingerprint density at radius 1 is 0.266 bits per heavy atom. The molecule has 0 aliphatic carbocycles. The van der Waals surface area contributed by atoms with E-state index >= 15 is 0 Å². The molecule has 0 saturated heterocycles. The normalized spacial score (nSPS) is 12.6. The number of unbranched alkanes of at least 4 members (excludes halogenated alkanes) is 37. The monoisotopic (exact) mass is 1100 g/mol. The molecule has 0 heterocycles. The lowest BCUT2D eigenvalue weighted by molar-refractivity contribution is -0.167. The predicted octanol–water partition coefficient (Wildman–Crippen LogP) is 23.4. The molecule has 79 heavy (non-hydrogen) atoms. The molecule has 0 amide bonds. The van der Waals surface area contributed by atoms with Crippen LogP contribution in [0.5, 0.6) is 0 Å². The molecule has 0 radical (unpaired) electrons. The zero-order chi connectivity index (χ0) is 57.1. The van der Waals surface area contributed by atoms with E-state index < -0.39 is 6.10 Å². The van der Waals surface area contributed by atoms with Gasteiger partial charge in [-0.1, -0.05) is 318 Å². The van der Waals surface area contributed by atoms with Crippen molar-refractivity contribution in [3.05, 3.63) is 85.1 Å². The summed E-state index contributed by atoms with van der Waals surface area (Å²) < 4.78 is 16.8. The number of allylic oxidation sites excluding steroid dienone is 14. The summed E-state index contributed by atoms with van der Waals surface area (Å²) in [5.41, 5.74) is 0. The number of carbonyl (C=O) groups is 3. The summed E-state index contributed by atoms with van der Waals surface area (Å²) in [5, 5.41) is 0. The van der Waals surface area contributed by atoms with Gasteiger partial charge in [0.15, 0.2) is 6.10 Å². The van der Waals surface area contributed by atoms with Crippen molar-refractivity contribution < 1.29 is 28.6 Å². The van der Waals surface area contributed by atoms with Crippen LogP contribution >= 0.6 is 0 Å². The van der Waals surface area contributed by atoms with E-state index in [4.69, 9.17) is 14.2 Å². The summed E-state index contributed by atoms with van der Waals surface area (Å²) in [6.07, 6.45) is 89.3. The van der Waals surface area contributed by atoms with E-state index in [1.54, 1.807) is 0 Å².